The van der Waals surface area contributed by atoms with Crippen molar-refractivity contribution in [2.75, 3.05) is 0 Å². The van der Waals surface area contributed by atoms with E-state index in [1.807, 2.05) is 6.07 Å². The lowest BCUT2D eigenvalue weighted by Crippen LogP contribution is -2.37. The average molecular weight is 403 g/mol. The fourth-order valence-electron chi connectivity index (χ4n) is 3.94. The number of hydrogen-bond donors (Lipinski definition) is 2. The van der Waals surface area contributed by atoms with Crippen LogP contribution in [0.15, 0.2) is 53.4 Å². The van der Waals surface area contributed by atoms with Crippen LogP contribution in [0.25, 0.3) is 6.08 Å². The highest BCUT2D eigenvalue weighted by Crippen LogP contribution is 2.49. The Hall–Kier alpha value is -2.71. The zero-order chi connectivity index (χ0) is 19.9. The van der Waals surface area contributed by atoms with Gasteiger partial charge in [0.05, 0.1) is 4.90 Å². The van der Waals surface area contributed by atoms with Crippen LogP contribution >= 0.6 is 0 Å². The molecule has 0 bridgehead atoms. The maximum atomic E-state index is 13.1. The van der Waals surface area contributed by atoms with E-state index in [0.717, 1.165) is 23.8 Å². The van der Waals surface area contributed by atoms with Gasteiger partial charge >= 0.3 is 5.97 Å². The Morgan fingerprint density at radius 2 is 1.93 bits per heavy atom. The Morgan fingerprint density at radius 1 is 1.18 bits per heavy atom. The van der Waals surface area contributed by atoms with E-state index >= 15 is 0 Å². The first-order valence-corrected chi connectivity index (χ1v) is 10.3. The summed E-state index contributed by atoms with van der Waals surface area (Å²) in [6.07, 6.45) is 3.64. The monoisotopic (exact) mass is 403 g/mol. The molecule has 0 aromatic heterocycles. The topological polar surface area (TPSA) is 92.7 Å². The molecule has 3 atom stereocenters. The van der Waals surface area contributed by atoms with Crippen molar-refractivity contribution in [3.8, 4) is 5.75 Å². The molecule has 1 fully saturated rings. The van der Waals surface area contributed by atoms with Crippen LogP contribution in [0.5, 0.6) is 5.75 Å². The Labute approximate surface area is 161 Å². The van der Waals surface area contributed by atoms with Gasteiger partial charge in [-0.25, -0.2) is 22.3 Å². The van der Waals surface area contributed by atoms with Crippen molar-refractivity contribution in [3.05, 3.63) is 65.5 Å². The number of sulfonamides is 1. The number of halogens is 1. The van der Waals surface area contributed by atoms with Crippen LogP contribution in [-0.2, 0) is 14.8 Å². The number of para-hydroxylation sites is 1. The fourth-order valence-corrected chi connectivity index (χ4v) is 5.23. The van der Waals surface area contributed by atoms with Gasteiger partial charge in [0, 0.05) is 29.2 Å². The summed E-state index contributed by atoms with van der Waals surface area (Å²) in [7, 11) is -3.80. The summed E-state index contributed by atoms with van der Waals surface area (Å²) in [5, 5.41) is 8.85. The van der Waals surface area contributed by atoms with Gasteiger partial charge in [-0.15, -0.1) is 0 Å². The van der Waals surface area contributed by atoms with Crippen molar-refractivity contribution in [1.29, 1.82) is 0 Å². The summed E-state index contributed by atoms with van der Waals surface area (Å²) in [6, 6.07) is 9.77. The Balaban J connectivity index is 1.62. The third kappa shape index (κ3) is 3.41. The number of aliphatic carboxylic acids is 1. The second-order valence-electron chi connectivity index (χ2n) is 6.88. The molecule has 0 spiro atoms. The second-order valence-corrected chi connectivity index (χ2v) is 8.59. The third-order valence-corrected chi connectivity index (χ3v) is 6.64. The zero-order valence-corrected chi connectivity index (χ0v) is 15.5. The van der Waals surface area contributed by atoms with Crippen LogP contribution in [0.1, 0.15) is 29.9 Å². The standard InChI is InChI=1S/C20H18FNO5S/c21-13-5-7-14(8-6-13)28(25,26)22-16-9-10-17-19(16)15-3-1-2-12(20(15)27-17)4-11-18(23)24/h1-8,11,16-17,19,22H,9-10H2,(H,23,24)/b11-4+. The molecule has 1 aliphatic carbocycles. The largest absolute Gasteiger partial charge is 0.489 e. The van der Waals surface area contributed by atoms with E-state index in [4.69, 9.17) is 9.84 Å². The molecule has 1 aliphatic heterocycles. The van der Waals surface area contributed by atoms with E-state index in [1.165, 1.54) is 18.2 Å². The molecule has 3 unspecified atom stereocenters. The molecule has 4 rings (SSSR count). The molecule has 146 valence electrons. The predicted octanol–water partition coefficient (Wildman–Crippen LogP) is 2.91. The van der Waals surface area contributed by atoms with Crippen molar-refractivity contribution >= 4 is 22.1 Å². The first-order chi connectivity index (χ1) is 13.3. The van der Waals surface area contributed by atoms with Crippen molar-refractivity contribution < 1.29 is 27.4 Å². The SMILES string of the molecule is O=C(O)/C=C/c1cccc2c1OC1CCC(NS(=O)(=O)c3ccc(F)cc3)C21. The number of benzene rings is 2. The summed E-state index contributed by atoms with van der Waals surface area (Å²) in [5.74, 6) is -1.12. The van der Waals surface area contributed by atoms with Gasteiger partial charge in [-0.2, -0.15) is 0 Å². The number of rotatable bonds is 5. The van der Waals surface area contributed by atoms with Gasteiger partial charge in [0.25, 0.3) is 0 Å². The molecule has 28 heavy (non-hydrogen) atoms. The van der Waals surface area contributed by atoms with E-state index < -0.39 is 21.8 Å². The molecule has 2 aromatic rings. The Bertz CT molecular complexity index is 1050. The maximum Gasteiger partial charge on any atom is 0.328 e. The predicted molar refractivity (Wildman–Crippen MR) is 100 cm³/mol. The number of hydrogen-bond acceptors (Lipinski definition) is 4. The number of carbonyl (C=O) groups is 1. The molecule has 6 nitrogen and oxygen atoms in total. The van der Waals surface area contributed by atoms with E-state index in [9.17, 15) is 17.6 Å². The lowest BCUT2D eigenvalue weighted by Gasteiger charge is -2.19. The molecule has 2 aliphatic rings. The van der Waals surface area contributed by atoms with Gasteiger partial charge < -0.3 is 9.84 Å². The fraction of sp³-hybridized carbons (Fsp3) is 0.250. The van der Waals surface area contributed by atoms with E-state index in [0.29, 0.717) is 24.2 Å². The number of carboxylic acid groups (broad SMARTS) is 1. The van der Waals surface area contributed by atoms with Gasteiger partial charge in [-0.3, -0.25) is 0 Å². The number of nitrogens with one attached hydrogen (secondary N) is 1. The maximum absolute atomic E-state index is 13.1. The van der Waals surface area contributed by atoms with Crippen LogP contribution in [0.3, 0.4) is 0 Å². The molecule has 0 saturated heterocycles. The molecular formula is C20H18FNO5S. The van der Waals surface area contributed by atoms with Gasteiger partial charge in [0.1, 0.15) is 17.7 Å². The van der Waals surface area contributed by atoms with E-state index in [1.54, 1.807) is 12.1 Å². The highest BCUT2D eigenvalue weighted by molar-refractivity contribution is 7.89. The summed E-state index contributed by atoms with van der Waals surface area (Å²) in [5.41, 5.74) is 1.51. The first-order valence-electron chi connectivity index (χ1n) is 8.83. The minimum Gasteiger partial charge on any atom is -0.489 e. The smallest absolute Gasteiger partial charge is 0.328 e. The molecule has 2 aromatic carbocycles. The quantitative estimate of drug-likeness (QED) is 0.749. The molecule has 2 N–H and O–H groups in total. The second kappa shape index (κ2) is 7.03. The molecule has 1 saturated carbocycles. The van der Waals surface area contributed by atoms with Crippen LogP contribution in [-0.4, -0.2) is 31.6 Å². The third-order valence-electron chi connectivity index (χ3n) is 5.14. The molecule has 1 heterocycles. The van der Waals surface area contributed by atoms with Crippen LogP contribution in [0, 0.1) is 5.82 Å². The van der Waals surface area contributed by atoms with Crippen LogP contribution in [0.4, 0.5) is 4.39 Å². The van der Waals surface area contributed by atoms with Gasteiger partial charge in [-0.1, -0.05) is 18.2 Å². The normalized spacial score (nSPS) is 23.4. The summed E-state index contributed by atoms with van der Waals surface area (Å²) >= 11 is 0. The lowest BCUT2D eigenvalue weighted by atomic mass is 9.93. The van der Waals surface area contributed by atoms with Crippen LogP contribution < -0.4 is 9.46 Å². The summed E-state index contributed by atoms with van der Waals surface area (Å²) in [4.78, 5) is 10.8. The van der Waals surface area contributed by atoms with Crippen molar-refractivity contribution in [2.24, 2.45) is 0 Å². The summed E-state index contributed by atoms with van der Waals surface area (Å²) < 4.78 is 47.2. The van der Waals surface area contributed by atoms with Gasteiger partial charge in [0.2, 0.25) is 10.0 Å². The average Bonchev–Trinajstić information content (AvgIpc) is 3.20. The minimum atomic E-state index is -3.80. The lowest BCUT2D eigenvalue weighted by molar-refractivity contribution is -0.131. The Kier molecular flexibility index (Phi) is 4.68. The van der Waals surface area contributed by atoms with E-state index in [2.05, 4.69) is 4.72 Å². The van der Waals surface area contributed by atoms with E-state index in [-0.39, 0.29) is 23.0 Å². The van der Waals surface area contributed by atoms with Crippen molar-refractivity contribution in [2.45, 2.75) is 35.8 Å². The minimum absolute atomic E-state index is 0.00892. The molecule has 0 amide bonds. The molecule has 0 radical (unpaired) electrons. The zero-order valence-electron chi connectivity index (χ0n) is 14.7. The van der Waals surface area contributed by atoms with Crippen molar-refractivity contribution in [1.82, 2.24) is 4.72 Å². The number of ether oxygens (including phenoxy) is 1. The highest BCUT2D eigenvalue weighted by atomic mass is 32.2. The highest BCUT2D eigenvalue weighted by Gasteiger charge is 2.46. The van der Waals surface area contributed by atoms with Crippen molar-refractivity contribution in [3.63, 3.8) is 0 Å². The number of carboxylic acids is 1. The molecular weight excluding hydrogens is 385 g/mol. The van der Waals surface area contributed by atoms with Crippen LogP contribution in [0.2, 0.25) is 0 Å². The van der Waals surface area contributed by atoms with Gasteiger partial charge in [-0.05, 0) is 43.2 Å². The summed E-state index contributed by atoms with van der Waals surface area (Å²) in [6.45, 7) is 0. The molecule has 8 heteroatoms. The Morgan fingerprint density at radius 3 is 2.64 bits per heavy atom. The van der Waals surface area contributed by atoms with Gasteiger partial charge in [0.15, 0.2) is 0 Å². The number of fused-ring (bicyclic) bond motifs is 3. The first kappa shape index (κ1) is 18.6.